The number of ether oxygens (including phenoxy) is 2. The van der Waals surface area contributed by atoms with Crippen molar-refractivity contribution in [2.45, 2.75) is 52.1 Å². The van der Waals surface area contributed by atoms with E-state index in [1.807, 2.05) is 0 Å². The van der Waals surface area contributed by atoms with Gasteiger partial charge in [0.2, 0.25) is 5.91 Å². The molecule has 28 heavy (non-hydrogen) atoms. The number of nitrogens with one attached hydrogen (secondary N) is 2. The highest BCUT2D eigenvalue weighted by Gasteiger charge is 2.18. The number of amides is 2. The molecule has 0 spiro atoms. The van der Waals surface area contributed by atoms with Crippen LogP contribution < -0.4 is 10.6 Å². The highest BCUT2D eigenvalue weighted by Crippen LogP contribution is 2.26. The summed E-state index contributed by atoms with van der Waals surface area (Å²) in [6, 6.07) is 3.87. The van der Waals surface area contributed by atoms with Gasteiger partial charge in [-0.1, -0.05) is 12.5 Å². The van der Waals surface area contributed by atoms with Crippen LogP contribution in [0.2, 0.25) is 0 Å². The highest BCUT2D eigenvalue weighted by molar-refractivity contribution is 5.95. The third-order valence-corrected chi connectivity index (χ3v) is 3.45. The molecule has 0 saturated carbocycles. The Bertz CT molecular complexity index is 663. The van der Waals surface area contributed by atoms with Crippen molar-refractivity contribution in [1.29, 1.82) is 0 Å². The molecule has 0 bridgehead atoms. The lowest BCUT2D eigenvalue weighted by molar-refractivity contribution is -0.122. The first-order valence-electron chi connectivity index (χ1n) is 9.02. The highest BCUT2D eigenvalue weighted by atomic mass is 16.6. The number of rotatable bonds is 9. The van der Waals surface area contributed by atoms with E-state index in [1.165, 1.54) is 18.2 Å². The molecule has 0 aliphatic heterocycles. The fourth-order valence-corrected chi connectivity index (χ4v) is 2.17. The summed E-state index contributed by atoms with van der Waals surface area (Å²) in [5, 5.41) is 24.2. The third kappa shape index (κ3) is 9.11. The van der Waals surface area contributed by atoms with Gasteiger partial charge in [-0.3, -0.25) is 4.79 Å². The van der Waals surface area contributed by atoms with Crippen molar-refractivity contribution in [3.8, 4) is 11.5 Å². The summed E-state index contributed by atoms with van der Waals surface area (Å²) < 4.78 is 9.92. The predicted molar refractivity (Wildman–Crippen MR) is 101 cm³/mol. The minimum Gasteiger partial charge on any atom is -0.507 e. The molecule has 0 aromatic heterocycles. The van der Waals surface area contributed by atoms with Crippen molar-refractivity contribution in [3.05, 3.63) is 23.8 Å². The first-order chi connectivity index (χ1) is 13.1. The fraction of sp³-hybridized carbons (Fsp3) is 0.526. The van der Waals surface area contributed by atoms with Crippen molar-refractivity contribution in [2.24, 2.45) is 0 Å². The quantitative estimate of drug-likeness (QED) is 0.286. The smallest absolute Gasteiger partial charge is 0.407 e. The lowest BCUT2D eigenvalue weighted by atomic mass is 10.2. The molecule has 0 fully saturated rings. The molecule has 9 nitrogen and oxygen atoms in total. The van der Waals surface area contributed by atoms with E-state index in [4.69, 9.17) is 9.47 Å². The van der Waals surface area contributed by atoms with E-state index >= 15 is 0 Å². The van der Waals surface area contributed by atoms with Crippen LogP contribution in [0.3, 0.4) is 0 Å². The van der Waals surface area contributed by atoms with E-state index in [9.17, 15) is 24.6 Å². The minimum absolute atomic E-state index is 0.242. The maximum absolute atomic E-state index is 11.8. The van der Waals surface area contributed by atoms with Gasteiger partial charge in [-0.05, 0) is 45.7 Å². The Morgan fingerprint density at radius 2 is 1.64 bits per heavy atom. The molecule has 0 atom stereocenters. The molecular weight excluding hydrogens is 368 g/mol. The summed E-state index contributed by atoms with van der Waals surface area (Å²) in [5.41, 5.74) is -0.891. The fourth-order valence-electron chi connectivity index (χ4n) is 2.17. The van der Waals surface area contributed by atoms with E-state index in [0.717, 1.165) is 6.42 Å². The normalized spacial score (nSPS) is 10.8. The average molecular weight is 396 g/mol. The van der Waals surface area contributed by atoms with Gasteiger partial charge in [-0.15, -0.1) is 0 Å². The van der Waals surface area contributed by atoms with E-state index in [1.54, 1.807) is 20.8 Å². The van der Waals surface area contributed by atoms with Crippen LogP contribution >= 0.6 is 0 Å². The Balaban J connectivity index is 2.13. The van der Waals surface area contributed by atoms with Crippen LogP contribution in [0.4, 0.5) is 4.79 Å². The van der Waals surface area contributed by atoms with Gasteiger partial charge >= 0.3 is 12.1 Å². The zero-order chi connectivity index (χ0) is 21.2. The van der Waals surface area contributed by atoms with Crippen molar-refractivity contribution in [2.75, 3.05) is 13.3 Å². The SMILES string of the molecule is CC(C)(C)OC(=O)NCCCCCC(=O)NCOC(=O)c1c(O)cccc1O. The number of carbonyl (C=O) groups is 3. The minimum atomic E-state index is -0.941. The van der Waals surface area contributed by atoms with E-state index in [0.29, 0.717) is 19.4 Å². The third-order valence-electron chi connectivity index (χ3n) is 3.45. The number of unbranched alkanes of at least 4 members (excludes halogenated alkanes) is 2. The summed E-state index contributed by atoms with van der Waals surface area (Å²) in [6.07, 6.45) is 1.81. The van der Waals surface area contributed by atoms with Crippen LogP contribution in [-0.2, 0) is 14.3 Å². The molecule has 156 valence electrons. The van der Waals surface area contributed by atoms with Crippen molar-refractivity contribution in [3.63, 3.8) is 0 Å². The average Bonchev–Trinajstić information content (AvgIpc) is 2.56. The number of carbonyl (C=O) groups excluding carboxylic acids is 3. The lowest BCUT2D eigenvalue weighted by Gasteiger charge is -2.19. The van der Waals surface area contributed by atoms with E-state index in [2.05, 4.69) is 10.6 Å². The maximum Gasteiger partial charge on any atom is 0.407 e. The van der Waals surface area contributed by atoms with Gasteiger partial charge < -0.3 is 30.3 Å². The number of phenolic OH excluding ortho intramolecular Hbond substituents is 2. The topological polar surface area (TPSA) is 134 Å². The second-order valence-corrected chi connectivity index (χ2v) is 7.09. The van der Waals surface area contributed by atoms with Gasteiger partial charge in [0.05, 0.1) is 0 Å². The molecule has 0 heterocycles. The second kappa shape index (κ2) is 11.0. The largest absolute Gasteiger partial charge is 0.507 e. The summed E-state index contributed by atoms with van der Waals surface area (Å²) >= 11 is 0. The zero-order valence-corrected chi connectivity index (χ0v) is 16.4. The Kier molecular flexibility index (Phi) is 9.07. The number of benzene rings is 1. The van der Waals surface area contributed by atoms with Crippen LogP contribution in [0, 0.1) is 0 Å². The summed E-state index contributed by atoms with van der Waals surface area (Å²) in [6.45, 7) is 5.44. The summed E-state index contributed by atoms with van der Waals surface area (Å²) in [7, 11) is 0. The molecule has 1 aromatic carbocycles. The van der Waals surface area contributed by atoms with Crippen LogP contribution in [0.5, 0.6) is 11.5 Å². The van der Waals surface area contributed by atoms with Gasteiger partial charge in [0.15, 0.2) is 6.73 Å². The maximum atomic E-state index is 11.8. The molecule has 0 saturated heterocycles. The lowest BCUT2D eigenvalue weighted by Crippen LogP contribution is -2.33. The monoisotopic (exact) mass is 396 g/mol. The van der Waals surface area contributed by atoms with Crippen LogP contribution in [0.25, 0.3) is 0 Å². The van der Waals surface area contributed by atoms with Gasteiger partial charge in [-0.25, -0.2) is 9.59 Å². The Morgan fingerprint density at radius 1 is 1.00 bits per heavy atom. The molecule has 0 aliphatic carbocycles. The zero-order valence-electron chi connectivity index (χ0n) is 16.4. The van der Waals surface area contributed by atoms with E-state index in [-0.39, 0.29) is 24.6 Å². The summed E-state index contributed by atoms with van der Waals surface area (Å²) in [5.74, 6) is -2.05. The molecule has 0 aliphatic rings. The van der Waals surface area contributed by atoms with Crippen molar-refractivity contribution >= 4 is 18.0 Å². The number of phenols is 2. The van der Waals surface area contributed by atoms with Crippen LogP contribution in [0.1, 0.15) is 56.8 Å². The number of esters is 1. The molecule has 1 rings (SSSR count). The number of alkyl carbamates (subject to hydrolysis) is 1. The number of aromatic hydroxyl groups is 2. The van der Waals surface area contributed by atoms with Crippen molar-refractivity contribution in [1.82, 2.24) is 10.6 Å². The first kappa shape index (κ1) is 23.1. The molecule has 0 unspecified atom stereocenters. The Hall–Kier alpha value is -2.97. The molecule has 0 radical (unpaired) electrons. The van der Waals surface area contributed by atoms with Gasteiger partial charge in [0.25, 0.3) is 0 Å². The van der Waals surface area contributed by atoms with Gasteiger partial charge in [-0.2, -0.15) is 0 Å². The first-order valence-corrected chi connectivity index (χ1v) is 9.02. The number of hydrogen-bond donors (Lipinski definition) is 4. The molecule has 1 aromatic rings. The molecule has 2 amide bonds. The van der Waals surface area contributed by atoms with Gasteiger partial charge in [0, 0.05) is 13.0 Å². The Labute approximate surface area is 164 Å². The van der Waals surface area contributed by atoms with Crippen LogP contribution in [-0.4, -0.2) is 47.1 Å². The van der Waals surface area contributed by atoms with Crippen LogP contribution in [0.15, 0.2) is 18.2 Å². The summed E-state index contributed by atoms with van der Waals surface area (Å²) in [4.78, 5) is 35.0. The molecule has 4 N–H and O–H groups in total. The molecular formula is C19H28N2O7. The standard InChI is InChI=1S/C19H28N2O7/c1-19(2,3)28-18(26)20-11-6-4-5-10-15(24)21-12-27-17(25)16-13(22)8-7-9-14(16)23/h7-9,22-23H,4-6,10-12H2,1-3H3,(H,20,26)(H,21,24). The molecule has 9 heteroatoms. The van der Waals surface area contributed by atoms with Crippen molar-refractivity contribution < 1.29 is 34.1 Å². The van der Waals surface area contributed by atoms with E-state index < -0.39 is 29.2 Å². The Morgan fingerprint density at radius 3 is 2.25 bits per heavy atom. The number of hydrogen-bond acceptors (Lipinski definition) is 7. The second-order valence-electron chi connectivity index (χ2n) is 7.09. The predicted octanol–water partition coefficient (Wildman–Crippen LogP) is 2.41. The van der Waals surface area contributed by atoms with Gasteiger partial charge in [0.1, 0.15) is 22.7 Å².